The van der Waals surface area contributed by atoms with Gasteiger partial charge in [-0.15, -0.1) is 0 Å². The number of hydrogen-bond donors (Lipinski definition) is 2. The monoisotopic (exact) mass is 116 g/mol. The molecule has 1 heterocycles. The maximum Gasteiger partial charge on any atom is 0.251 e. The van der Waals surface area contributed by atoms with Crippen LogP contribution in [0, 0.1) is 0 Å². The standard InChI is InChI=1S/C4H8N2O2/c5-2-8-3-1-6-4(3)7/h3H,1-2,5H2,(H,6,7). The van der Waals surface area contributed by atoms with Crippen molar-refractivity contribution in [3.05, 3.63) is 0 Å². The number of amides is 1. The fraction of sp³-hybridized carbons (Fsp3) is 0.750. The van der Waals surface area contributed by atoms with E-state index in [9.17, 15) is 4.79 Å². The summed E-state index contributed by atoms with van der Waals surface area (Å²) in [6.45, 7) is 0.730. The zero-order valence-electron chi connectivity index (χ0n) is 4.39. The summed E-state index contributed by atoms with van der Waals surface area (Å²) in [6.07, 6.45) is -0.278. The van der Waals surface area contributed by atoms with Gasteiger partial charge in [0.1, 0.15) is 0 Å². The quantitative estimate of drug-likeness (QED) is 0.338. The van der Waals surface area contributed by atoms with Gasteiger partial charge in [-0.2, -0.15) is 0 Å². The van der Waals surface area contributed by atoms with Crippen LogP contribution in [-0.4, -0.2) is 25.3 Å². The van der Waals surface area contributed by atoms with Crippen molar-refractivity contribution in [2.75, 3.05) is 13.3 Å². The summed E-state index contributed by atoms with van der Waals surface area (Å²) in [6, 6.07) is 0. The van der Waals surface area contributed by atoms with E-state index < -0.39 is 0 Å². The van der Waals surface area contributed by atoms with E-state index >= 15 is 0 Å². The lowest BCUT2D eigenvalue weighted by Gasteiger charge is -2.24. The van der Waals surface area contributed by atoms with Gasteiger partial charge in [-0.25, -0.2) is 0 Å². The second kappa shape index (κ2) is 2.11. The molecule has 1 aliphatic heterocycles. The Hall–Kier alpha value is -0.610. The lowest BCUT2D eigenvalue weighted by atomic mass is 10.2. The summed E-state index contributed by atoms with van der Waals surface area (Å²) in [7, 11) is 0. The Bertz CT molecular complexity index is 104. The van der Waals surface area contributed by atoms with Crippen molar-refractivity contribution >= 4 is 5.91 Å². The van der Waals surface area contributed by atoms with Crippen LogP contribution in [0.25, 0.3) is 0 Å². The average molecular weight is 116 g/mol. The van der Waals surface area contributed by atoms with E-state index in [1.54, 1.807) is 0 Å². The molecule has 0 aliphatic carbocycles. The zero-order valence-corrected chi connectivity index (χ0v) is 4.39. The third kappa shape index (κ3) is 0.801. The zero-order chi connectivity index (χ0) is 5.98. The first-order valence-corrected chi connectivity index (χ1v) is 2.44. The van der Waals surface area contributed by atoms with Crippen molar-refractivity contribution in [3.8, 4) is 0 Å². The van der Waals surface area contributed by atoms with Gasteiger partial charge in [-0.1, -0.05) is 0 Å². The SMILES string of the molecule is NCOC1CNC1=O. The Balaban J connectivity index is 2.17. The van der Waals surface area contributed by atoms with Crippen LogP contribution >= 0.6 is 0 Å². The molecule has 1 atom stereocenters. The predicted octanol–water partition coefficient (Wildman–Crippen LogP) is -1.58. The van der Waals surface area contributed by atoms with Crippen LogP contribution in [0.4, 0.5) is 0 Å². The summed E-state index contributed by atoms with van der Waals surface area (Å²) in [4.78, 5) is 10.3. The molecule has 1 fully saturated rings. The lowest BCUT2D eigenvalue weighted by molar-refractivity contribution is -0.141. The molecule has 46 valence electrons. The van der Waals surface area contributed by atoms with Gasteiger partial charge < -0.3 is 15.8 Å². The van der Waals surface area contributed by atoms with Crippen LogP contribution < -0.4 is 11.1 Å². The fourth-order valence-corrected chi connectivity index (χ4v) is 0.519. The Labute approximate surface area is 47.0 Å². The van der Waals surface area contributed by atoms with Crippen molar-refractivity contribution in [2.24, 2.45) is 5.73 Å². The minimum absolute atomic E-state index is 0.0598. The van der Waals surface area contributed by atoms with Crippen molar-refractivity contribution < 1.29 is 9.53 Å². The van der Waals surface area contributed by atoms with Crippen LogP contribution in [0.1, 0.15) is 0 Å². The molecule has 0 aromatic carbocycles. The number of rotatable bonds is 2. The van der Waals surface area contributed by atoms with E-state index in [0.29, 0.717) is 6.54 Å². The van der Waals surface area contributed by atoms with Crippen molar-refractivity contribution in [3.63, 3.8) is 0 Å². The molecule has 4 heteroatoms. The van der Waals surface area contributed by atoms with Gasteiger partial charge in [0.05, 0.1) is 13.3 Å². The summed E-state index contributed by atoms with van der Waals surface area (Å²) < 4.78 is 4.76. The van der Waals surface area contributed by atoms with Crippen molar-refractivity contribution in [2.45, 2.75) is 6.10 Å². The molecule has 8 heavy (non-hydrogen) atoms. The van der Waals surface area contributed by atoms with Crippen LogP contribution in [0.2, 0.25) is 0 Å². The van der Waals surface area contributed by atoms with Crippen molar-refractivity contribution in [1.82, 2.24) is 5.32 Å². The van der Waals surface area contributed by atoms with Gasteiger partial charge in [-0.05, 0) is 0 Å². The van der Waals surface area contributed by atoms with E-state index in [1.807, 2.05) is 0 Å². The third-order valence-electron chi connectivity index (χ3n) is 1.05. The first kappa shape index (κ1) is 5.53. The van der Waals surface area contributed by atoms with E-state index in [1.165, 1.54) is 0 Å². The predicted molar refractivity (Wildman–Crippen MR) is 26.9 cm³/mol. The topological polar surface area (TPSA) is 64.3 Å². The minimum Gasteiger partial charge on any atom is -0.352 e. The molecule has 0 saturated carbocycles. The van der Waals surface area contributed by atoms with Gasteiger partial charge in [0.2, 0.25) is 0 Å². The van der Waals surface area contributed by atoms with Crippen molar-refractivity contribution in [1.29, 1.82) is 0 Å². The number of nitrogens with two attached hydrogens (primary N) is 1. The van der Waals surface area contributed by atoms with Gasteiger partial charge in [0, 0.05) is 0 Å². The Morgan fingerprint density at radius 3 is 2.88 bits per heavy atom. The third-order valence-corrected chi connectivity index (χ3v) is 1.05. The average Bonchev–Trinajstić information content (AvgIpc) is 1.79. The van der Waals surface area contributed by atoms with E-state index in [0.717, 1.165) is 0 Å². The van der Waals surface area contributed by atoms with Gasteiger partial charge in [-0.3, -0.25) is 4.79 Å². The highest BCUT2D eigenvalue weighted by molar-refractivity contribution is 5.86. The molecule has 4 nitrogen and oxygen atoms in total. The smallest absolute Gasteiger partial charge is 0.251 e. The number of β-lactam (4-membered cyclic amide) rings is 1. The van der Waals surface area contributed by atoms with Gasteiger partial charge in [0.15, 0.2) is 6.10 Å². The van der Waals surface area contributed by atoms with Gasteiger partial charge in [0.25, 0.3) is 5.91 Å². The molecule has 0 radical (unpaired) electrons. The first-order valence-electron chi connectivity index (χ1n) is 2.44. The Morgan fingerprint density at radius 2 is 2.75 bits per heavy atom. The molecule has 1 amide bonds. The van der Waals surface area contributed by atoms with E-state index in [4.69, 9.17) is 10.5 Å². The van der Waals surface area contributed by atoms with Crippen LogP contribution in [0.5, 0.6) is 0 Å². The molecule has 0 bridgehead atoms. The lowest BCUT2D eigenvalue weighted by Crippen LogP contribution is -2.55. The second-order valence-corrected chi connectivity index (χ2v) is 1.57. The molecule has 0 aromatic rings. The maximum atomic E-state index is 10.3. The number of hydrogen-bond acceptors (Lipinski definition) is 3. The molecule has 1 rings (SSSR count). The summed E-state index contributed by atoms with van der Waals surface area (Å²) in [5, 5.41) is 2.52. The molecule has 0 aromatic heterocycles. The molecule has 1 aliphatic rings. The van der Waals surface area contributed by atoms with Crippen LogP contribution in [0.3, 0.4) is 0 Å². The van der Waals surface area contributed by atoms with Crippen LogP contribution in [-0.2, 0) is 9.53 Å². The second-order valence-electron chi connectivity index (χ2n) is 1.57. The highest BCUT2D eigenvalue weighted by Crippen LogP contribution is 1.97. The molecule has 0 spiro atoms. The summed E-state index contributed by atoms with van der Waals surface area (Å²) >= 11 is 0. The molecule has 3 N–H and O–H groups in total. The Kier molecular flexibility index (Phi) is 1.45. The van der Waals surface area contributed by atoms with Gasteiger partial charge >= 0.3 is 0 Å². The first-order chi connectivity index (χ1) is 3.84. The number of carbonyl (C=O) groups is 1. The largest absolute Gasteiger partial charge is 0.352 e. The van der Waals surface area contributed by atoms with E-state index in [2.05, 4.69) is 5.32 Å². The number of ether oxygens (including phenoxy) is 1. The summed E-state index contributed by atoms with van der Waals surface area (Å²) in [5.74, 6) is -0.0598. The highest BCUT2D eigenvalue weighted by atomic mass is 16.5. The van der Waals surface area contributed by atoms with Crippen LogP contribution in [0.15, 0.2) is 0 Å². The summed E-state index contributed by atoms with van der Waals surface area (Å²) in [5.41, 5.74) is 5.00. The maximum absolute atomic E-state index is 10.3. The Morgan fingerprint density at radius 1 is 2.00 bits per heavy atom. The minimum atomic E-state index is -0.278. The number of nitrogens with one attached hydrogen (secondary N) is 1. The van der Waals surface area contributed by atoms with E-state index in [-0.39, 0.29) is 18.7 Å². The molecule has 1 unspecified atom stereocenters. The molecular weight excluding hydrogens is 108 g/mol. The fourth-order valence-electron chi connectivity index (χ4n) is 0.519. The normalized spacial score (nSPS) is 26.6. The molecular formula is C4H8N2O2. The highest BCUT2D eigenvalue weighted by Gasteiger charge is 2.27. The molecule has 1 saturated heterocycles. The number of carbonyl (C=O) groups excluding carboxylic acids is 1.